The highest BCUT2D eigenvalue weighted by atomic mass is 32.2. The van der Waals surface area contributed by atoms with Gasteiger partial charge in [0.15, 0.2) is 0 Å². The number of aromatic nitrogens is 1. The molecule has 3 rings (SSSR count). The van der Waals surface area contributed by atoms with Gasteiger partial charge in [-0.25, -0.2) is 4.98 Å². The Kier molecular flexibility index (Phi) is 4.99. The Hall–Kier alpha value is -1.84. The van der Waals surface area contributed by atoms with Gasteiger partial charge in [0.1, 0.15) is 11.1 Å². The Morgan fingerprint density at radius 3 is 3.17 bits per heavy atom. The van der Waals surface area contributed by atoms with Crippen molar-refractivity contribution in [2.45, 2.75) is 31.2 Å². The Labute approximate surface area is 143 Å². The van der Waals surface area contributed by atoms with Crippen molar-refractivity contribution in [3.8, 4) is 6.07 Å². The summed E-state index contributed by atoms with van der Waals surface area (Å²) in [6.45, 7) is 2.23. The summed E-state index contributed by atoms with van der Waals surface area (Å²) < 4.78 is 0. The van der Waals surface area contributed by atoms with Crippen molar-refractivity contribution in [2.24, 2.45) is 5.92 Å². The van der Waals surface area contributed by atoms with Gasteiger partial charge in [-0.3, -0.25) is 4.79 Å². The second-order valence-corrected chi connectivity index (χ2v) is 7.77. The quantitative estimate of drug-likeness (QED) is 0.856. The third-order valence-electron chi connectivity index (χ3n) is 3.87. The lowest BCUT2D eigenvalue weighted by Crippen LogP contribution is -2.14. The maximum atomic E-state index is 12.2. The van der Waals surface area contributed by atoms with Gasteiger partial charge in [0.25, 0.3) is 0 Å². The zero-order valence-corrected chi connectivity index (χ0v) is 14.5. The molecule has 23 heavy (non-hydrogen) atoms. The van der Waals surface area contributed by atoms with E-state index in [2.05, 4.69) is 23.3 Å². The van der Waals surface area contributed by atoms with Crippen molar-refractivity contribution in [3.63, 3.8) is 0 Å². The largest absolute Gasteiger partial charge is 0.316 e. The lowest BCUT2D eigenvalue weighted by molar-refractivity contribution is -0.113. The standard InChI is InChI=1S/C17H17N3OS2/c1-11-5-6-12-13(9-18)17(23-14(12)8-11)20-15(21)10-22-16-4-2-3-7-19-16/h2-4,7,11H,5-6,8,10H2,1H3,(H,20,21). The molecule has 1 aliphatic rings. The number of nitriles is 1. The van der Waals surface area contributed by atoms with Crippen molar-refractivity contribution < 1.29 is 4.79 Å². The van der Waals surface area contributed by atoms with Crippen LogP contribution in [-0.4, -0.2) is 16.6 Å². The van der Waals surface area contributed by atoms with Crippen LogP contribution in [0.2, 0.25) is 0 Å². The van der Waals surface area contributed by atoms with Gasteiger partial charge in [0.2, 0.25) is 5.91 Å². The molecule has 6 heteroatoms. The topological polar surface area (TPSA) is 65.8 Å². The van der Waals surface area contributed by atoms with Crippen molar-refractivity contribution in [2.75, 3.05) is 11.1 Å². The van der Waals surface area contributed by atoms with Gasteiger partial charge >= 0.3 is 0 Å². The summed E-state index contributed by atoms with van der Waals surface area (Å²) in [6, 6.07) is 7.90. The van der Waals surface area contributed by atoms with Crippen molar-refractivity contribution in [1.29, 1.82) is 5.26 Å². The number of fused-ring (bicyclic) bond motifs is 1. The number of thioether (sulfide) groups is 1. The van der Waals surface area contributed by atoms with Gasteiger partial charge in [-0.1, -0.05) is 24.8 Å². The molecule has 1 amide bonds. The molecular weight excluding hydrogens is 326 g/mol. The molecule has 118 valence electrons. The van der Waals surface area contributed by atoms with E-state index in [0.717, 1.165) is 29.9 Å². The lowest BCUT2D eigenvalue weighted by Gasteiger charge is -2.17. The van der Waals surface area contributed by atoms with Crippen molar-refractivity contribution in [3.05, 3.63) is 40.4 Å². The first-order valence-corrected chi connectivity index (χ1v) is 9.36. The van der Waals surface area contributed by atoms with Gasteiger partial charge in [-0.15, -0.1) is 11.3 Å². The molecule has 2 aromatic rings. The summed E-state index contributed by atoms with van der Waals surface area (Å²) in [5.74, 6) is 0.848. The number of hydrogen-bond donors (Lipinski definition) is 1. The second-order valence-electron chi connectivity index (χ2n) is 5.67. The van der Waals surface area contributed by atoms with E-state index in [1.54, 1.807) is 17.5 Å². The summed E-state index contributed by atoms with van der Waals surface area (Å²) in [7, 11) is 0. The number of carbonyl (C=O) groups excluding carboxylic acids is 1. The number of carbonyl (C=O) groups is 1. The van der Waals surface area contributed by atoms with Gasteiger partial charge in [0.05, 0.1) is 16.3 Å². The first kappa shape index (κ1) is 16.0. The molecule has 0 fully saturated rings. The summed E-state index contributed by atoms with van der Waals surface area (Å²) in [4.78, 5) is 17.6. The average molecular weight is 343 g/mol. The number of amides is 1. The number of nitrogens with one attached hydrogen (secondary N) is 1. The highest BCUT2D eigenvalue weighted by Gasteiger charge is 2.24. The third-order valence-corrected chi connectivity index (χ3v) is 5.98. The SMILES string of the molecule is CC1CCc2c(sc(NC(=O)CSc3ccccn3)c2C#N)C1. The number of pyridine rings is 1. The van der Waals surface area contributed by atoms with E-state index in [1.165, 1.54) is 16.6 Å². The fourth-order valence-electron chi connectivity index (χ4n) is 2.69. The highest BCUT2D eigenvalue weighted by Crippen LogP contribution is 2.39. The normalized spacial score (nSPS) is 16.4. The van der Waals surface area contributed by atoms with Crippen LogP contribution in [0.3, 0.4) is 0 Å². The molecular formula is C17H17N3OS2. The fourth-order valence-corrected chi connectivity index (χ4v) is 4.73. The molecule has 0 radical (unpaired) electrons. The van der Waals surface area contributed by atoms with Crippen LogP contribution in [0.25, 0.3) is 0 Å². The zero-order chi connectivity index (χ0) is 16.2. The first-order valence-electron chi connectivity index (χ1n) is 7.55. The molecule has 0 aromatic carbocycles. The maximum Gasteiger partial charge on any atom is 0.235 e. The molecule has 2 heterocycles. The number of hydrogen-bond acceptors (Lipinski definition) is 5. The van der Waals surface area contributed by atoms with E-state index in [0.29, 0.717) is 22.2 Å². The highest BCUT2D eigenvalue weighted by molar-refractivity contribution is 7.99. The number of thiophene rings is 1. The molecule has 0 spiro atoms. The molecule has 0 saturated heterocycles. The molecule has 1 unspecified atom stereocenters. The summed E-state index contributed by atoms with van der Waals surface area (Å²) in [5.41, 5.74) is 1.80. The minimum atomic E-state index is -0.0937. The van der Waals surface area contributed by atoms with E-state index >= 15 is 0 Å². The Morgan fingerprint density at radius 1 is 1.57 bits per heavy atom. The van der Waals surface area contributed by atoms with Crippen LogP contribution in [-0.2, 0) is 17.6 Å². The Bertz CT molecular complexity index is 749. The van der Waals surface area contributed by atoms with Crippen LogP contribution in [0, 0.1) is 17.2 Å². The van der Waals surface area contributed by atoms with Crippen LogP contribution in [0.1, 0.15) is 29.3 Å². The predicted molar refractivity (Wildman–Crippen MR) is 93.8 cm³/mol. The first-order chi connectivity index (χ1) is 11.2. The summed E-state index contributed by atoms with van der Waals surface area (Å²) >= 11 is 2.96. The third kappa shape index (κ3) is 3.74. The van der Waals surface area contributed by atoms with E-state index in [-0.39, 0.29) is 5.91 Å². The molecule has 2 aromatic heterocycles. The predicted octanol–water partition coefficient (Wildman–Crippen LogP) is 3.87. The molecule has 0 aliphatic heterocycles. The van der Waals surface area contributed by atoms with Crippen LogP contribution in [0.15, 0.2) is 29.4 Å². The van der Waals surface area contributed by atoms with Crippen LogP contribution in [0.4, 0.5) is 5.00 Å². The smallest absolute Gasteiger partial charge is 0.235 e. The molecule has 0 saturated carbocycles. The van der Waals surface area contributed by atoms with Gasteiger partial charge in [-0.2, -0.15) is 5.26 Å². The van der Waals surface area contributed by atoms with Crippen LogP contribution in [0.5, 0.6) is 0 Å². The van der Waals surface area contributed by atoms with Gasteiger partial charge in [-0.05, 0) is 42.9 Å². The molecule has 0 bridgehead atoms. The number of rotatable bonds is 4. The summed E-state index contributed by atoms with van der Waals surface area (Å²) in [6.07, 6.45) is 4.77. The number of anilines is 1. The monoisotopic (exact) mass is 343 g/mol. The van der Waals surface area contributed by atoms with Crippen LogP contribution >= 0.6 is 23.1 Å². The van der Waals surface area contributed by atoms with E-state index in [4.69, 9.17) is 0 Å². The van der Waals surface area contributed by atoms with Gasteiger partial charge in [0, 0.05) is 11.1 Å². The van der Waals surface area contributed by atoms with Crippen molar-refractivity contribution >= 4 is 34.0 Å². The van der Waals surface area contributed by atoms with E-state index in [9.17, 15) is 10.1 Å². The molecule has 1 aliphatic carbocycles. The maximum absolute atomic E-state index is 12.2. The van der Waals surface area contributed by atoms with E-state index < -0.39 is 0 Å². The average Bonchev–Trinajstić information content (AvgIpc) is 2.89. The zero-order valence-electron chi connectivity index (χ0n) is 12.8. The molecule has 4 nitrogen and oxygen atoms in total. The summed E-state index contributed by atoms with van der Waals surface area (Å²) in [5, 5.41) is 13.9. The molecule has 1 N–H and O–H groups in total. The number of nitrogens with zero attached hydrogens (tertiary/aromatic N) is 2. The van der Waals surface area contributed by atoms with Crippen LogP contribution < -0.4 is 5.32 Å². The lowest BCUT2D eigenvalue weighted by atomic mass is 9.89. The second kappa shape index (κ2) is 7.16. The van der Waals surface area contributed by atoms with Gasteiger partial charge < -0.3 is 5.32 Å². The Morgan fingerprint density at radius 2 is 2.43 bits per heavy atom. The van der Waals surface area contributed by atoms with E-state index in [1.807, 2.05) is 18.2 Å². The van der Waals surface area contributed by atoms with Crippen molar-refractivity contribution in [1.82, 2.24) is 4.98 Å². The minimum Gasteiger partial charge on any atom is -0.316 e. The Balaban J connectivity index is 1.68. The fraction of sp³-hybridized carbons (Fsp3) is 0.353. The minimum absolute atomic E-state index is 0.0937. The molecule has 1 atom stereocenters.